The topological polar surface area (TPSA) is 0 Å². The van der Waals surface area contributed by atoms with Gasteiger partial charge < -0.3 is 0 Å². The van der Waals surface area contributed by atoms with Gasteiger partial charge in [0.25, 0.3) is 0 Å². The summed E-state index contributed by atoms with van der Waals surface area (Å²) in [5, 5.41) is 0. The SMILES string of the molecule is CCCC(C)(C)/C=C/c1ccc(C(F)(F)F)cc1. The molecule has 1 rings (SSSR count). The highest BCUT2D eigenvalue weighted by Crippen LogP contribution is 2.30. The summed E-state index contributed by atoms with van der Waals surface area (Å²) in [6, 6.07) is 5.24. The fourth-order valence-electron chi connectivity index (χ4n) is 1.83. The van der Waals surface area contributed by atoms with Gasteiger partial charge in [-0.2, -0.15) is 13.2 Å². The Morgan fingerprint density at radius 3 is 2.06 bits per heavy atom. The van der Waals surface area contributed by atoms with Gasteiger partial charge in [-0.25, -0.2) is 0 Å². The number of hydrogen-bond donors (Lipinski definition) is 0. The molecule has 0 radical (unpaired) electrons. The van der Waals surface area contributed by atoms with E-state index in [1.807, 2.05) is 6.08 Å². The molecule has 0 aliphatic carbocycles. The van der Waals surface area contributed by atoms with Crippen molar-refractivity contribution in [3.63, 3.8) is 0 Å². The van der Waals surface area contributed by atoms with Gasteiger partial charge in [-0.05, 0) is 29.5 Å². The Labute approximate surface area is 107 Å². The zero-order chi connectivity index (χ0) is 13.8. The maximum atomic E-state index is 12.4. The highest BCUT2D eigenvalue weighted by Gasteiger charge is 2.29. The lowest BCUT2D eigenvalue weighted by molar-refractivity contribution is -0.137. The molecule has 0 saturated carbocycles. The fraction of sp³-hybridized carbons (Fsp3) is 0.467. The fourth-order valence-corrected chi connectivity index (χ4v) is 1.83. The number of alkyl halides is 3. The molecule has 0 N–H and O–H groups in total. The third kappa shape index (κ3) is 4.55. The Bertz CT molecular complexity index is 397. The van der Waals surface area contributed by atoms with Crippen molar-refractivity contribution in [3.05, 3.63) is 41.5 Å². The van der Waals surface area contributed by atoms with Crippen LogP contribution in [0, 0.1) is 5.41 Å². The van der Waals surface area contributed by atoms with Crippen molar-refractivity contribution in [2.45, 2.75) is 39.8 Å². The van der Waals surface area contributed by atoms with Gasteiger partial charge in [0.2, 0.25) is 0 Å². The van der Waals surface area contributed by atoms with Crippen molar-refractivity contribution in [2.75, 3.05) is 0 Å². The quantitative estimate of drug-likeness (QED) is 0.663. The summed E-state index contributed by atoms with van der Waals surface area (Å²) in [4.78, 5) is 0. The van der Waals surface area contributed by atoms with Gasteiger partial charge in [-0.3, -0.25) is 0 Å². The minimum atomic E-state index is -4.26. The highest BCUT2D eigenvalue weighted by molar-refractivity contribution is 5.50. The van der Waals surface area contributed by atoms with Crippen LogP contribution >= 0.6 is 0 Å². The number of benzene rings is 1. The van der Waals surface area contributed by atoms with Crippen LogP contribution in [0.2, 0.25) is 0 Å². The lowest BCUT2D eigenvalue weighted by Gasteiger charge is -2.18. The Hall–Kier alpha value is -1.25. The molecule has 3 heteroatoms. The average Bonchev–Trinajstić information content (AvgIpc) is 2.26. The molecule has 0 bridgehead atoms. The van der Waals surface area contributed by atoms with E-state index in [4.69, 9.17) is 0 Å². The molecule has 18 heavy (non-hydrogen) atoms. The van der Waals surface area contributed by atoms with E-state index in [-0.39, 0.29) is 5.41 Å². The Morgan fingerprint density at radius 1 is 1.06 bits per heavy atom. The molecular weight excluding hydrogens is 237 g/mol. The molecular formula is C15H19F3. The van der Waals surface area contributed by atoms with Crippen LogP contribution in [-0.4, -0.2) is 0 Å². The maximum Gasteiger partial charge on any atom is 0.416 e. The first kappa shape index (κ1) is 14.8. The average molecular weight is 256 g/mol. The van der Waals surface area contributed by atoms with Crippen LogP contribution < -0.4 is 0 Å². The molecule has 0 saturated heterocycles. The van der Waals surface area contributed by atoms with Gasteiger partial charge in [-0.1, -0.05) is 51.5 Å². The van der Waals surface area contributed by atoms with Crippen molar-refractivity contribution in [3.8, 4) is 0 Å². The summed E-state index contributed by atoms with van der Waals surface area (Å²) >= 11 is 0. The first-order valence-electron chi connectivity index (χ1n) is 6.11. The molecule has 0 aromatic heterocycles. The van der Waals surface area contributed by atoms with E-state index in [9.17, 15) is 13.2 Å². The van der Waals surface area contributed by atoms with Crippen molar-refractivity contribution in [2.24, 2.45) is 5.41 Å². The summed E-state index contributed by atoms with van der Waals surface area (Å²) in [5.74, 6) is 0. The molecule has 0 aliphatic rings. The lowest BCUT2D eigenvalue weighted by atomic mass is 9.87. The molecule has 0 fully saturated rings. The Kier molecular flexibility index (Phi) is 4.60. The van der Waals surface area contributed by atoms with E-state index in [0.717, 1.165) is 30.5 Å². The second kappa shape index (κ2) is 5.59. The first-order valence-corrected chi connectivity index (χ1v) is 6.11. The molecule has 0 atom stereocenters. The van der Waals surface area contributed by atoms with E-state index in [1.54, 1.807) is 0 Å². The van der Waals surface area contributed by atoms with Crippen LogP contribution in [0.5, 0.6) is 0 Å². The summed E-state index contributed by atoms with van der Waals surface area (Å²) in [6.07, 6.45) is 1.83. The molecule has 1 aromatic rings. The van der Waals surface area contributed by atoms with Gasteiger partial charge in [0.1, 0.15) is 0 Å². The summed E-state index contributed by atoms with van der Waals surface area (Å²) in [7, 11) is 0. The Morgan fingerprint density at radius 2 is 1.61 bits per heavy atom. The van der Waals surface area contributed by atoms with Gasteiger partial charge in [-0.15, -0.1) is 0 Å². The van der Waals surface area contributed by atoms with Crippen LogP contribution in [-0.2, 0) is 6.18 Å². The molecule has 0 heterocycles. The van der Waals surface area contributed by atoms with Gasteiger partial charge >= 0.3 is 6.18 Å². The maximum absolute atomic E-state index is 12.4. The van der Waals surface area contributed by atoms with E-state index in [2.05, 4.69) is 26.8 Å². The monoisotopic (exact) mass is 256 g/mol. The zero-order valence-electron chi connectivity index (χ0n) is 11.0. The van der Waals surface area contributed by atoms with Gasteiger partial charge in [0, 0.05) is 0 Å². The van der Waals surface area contributed by atoms with E-state index in [0.29, 0.717) is 0 Å². The lowest BCUT2D eigenvalue weighted by Crippen LogP contribution is -2.06. The standard InChI is InChI=1S/C15H19F3/c1-4-10-14(2,3)11-9-12-5-7-13(8-6-12)15(16,17)18/h5-9,11H,4,10H2,1-3H3/b11-9+. The van der Waals surface area contributed by atoms with Crippen molar-refractivity contribution in [1.82, 2.24) is 0 Å². The minimum Gasteiger partial charge on any atom is -0.166 e. The molecule has 0 nitrogen and oxygen atoms in total. The van der Waals surface area contributed by atoms with E-state index in [1.165, 1.54) is 12.1 Å². The first-order chi connectivity index (χ1) is 8.24. The number of rotatable bonds is 4. The van der Waals surface area contributed by atoms with Crippen LogP contribution in [0.15, 0.2) is 30.3 Å². The highest BCUT2D eigenvalue weighted by atomic mass is 19.4. The third-order valence-electron chi connectivity index (χ3n) is 2.86. The molecule has 0 aliphatic heterocycles. The summed E-state index contributed by atoms with van der Waals surface area (Å²) in [6.45, 7) is 6.36. The van der Waals surface area contributed by atoms with Crippen molar-refractivity contribution >= 4 is 6.08 Å². The molecule has 100 valence electrons. The predicted octanol–water partition coefficient (Wildman–Crippen LogP) is 5.54. The smallest absolute Gasteiger partial charge is 0.166 e. The number of halogens is 3. The zero-order valence-corrected chi connectivity index (χ0v) is 11.0. The molecule has 0 amide bonds. The predicted molar refractivity (Wildman–Crippen MR) is 69.2 cm³/mol. The van der Waals surface area contributed by atoms with Crippen LogP contribution in [0.3, 0.4) is 0 Å². The van der Waals surface area contributed by atoms with Crippen LogP contribution in [0.1, 0.15) is 44.7 Å². The number of allylic oxidation sites excluding steroid dienone is 1. The Balaban J connectivity index is 2.78. The largest absolute Gasteiger partial charge is 0.416 e. The van der Waals surface area contributed by atoms with Crippen LogP contribution in [0.25, 0.3) is 6.08 Å². The van der Waals surface area contributed by atoms with Gasteiger partial charge in [0.05, 0.1) is 5.56 Å². The van der Waals surface area contributed by atoms with E-state index < -0.39 is 11.7 Å². The molecule has 0 unspecified atom stereocenters. The van der Waals surface area contributed by atoms with Crippen molar-refractivity contribution in [1.29, 1.82) is 0 Å². The third-order valence-corrected chi connectivity index (χ3v) is 2.86. The van der Waals surface area contributed by atoms with Crippen molar-refractivity contribution < 1.29 is 13.2 Å². The number of hydrogen-bond acceptors (Lipinski definition) is 0. The normalized spacial score (nSPS) is 13.2. The summed E-state index contributed by atoms with van der Waals surface area (Å²) in [5.41, 5.74) is 0.275. The molecule has 1 aromatic carbocycles. The minimum absolute atomic E-state index is 0.0808. The van der Waals surface area contributed by atoms with Gasteiger partial charge in [0.15, 0.2) is 0 Å². The van der Waals surface area contributed by atoms with Crippen LogP contribution in [0.4, 0.5) is 13.2 Å². The second-order valence-electron chi connectivity index (χ2n) is 5.19. The molecule has 0 spiro atoms. The van der Waals surface area contributed by atoms with E-state index >= 15 is 0 Å². The summed E-state index contributed by atoms with van der Waals surface area (Å²) < 4.78 is 37.1. The second-order valence-corrected chi connectivity index (χ2v) is 5.19.